The highest BCUT2D eigenvalue weighted by atomic mass is 16.5. The molecule has 0 amide bonds. The van der Waals surface area contributed by atoms with E-state index in [1.807, 2.05) is 0 Å². The first-order valence-electron chi connectivity index (χ1n) is 7.84. The van der Waals surface area contributed by atoms with Crippen LogP contribution in [0.25, 0.3) is 0 Å². The highest BCUT2D eigenvalue weighted by molar-refractivity contribution is 5.72. The predicted octanol–water partition coefficient (Wildman–Crippen LogP) is 4.71. The topological polar surface area (TPSA) is 26.3 Å². The second kappa shape index (κ2) is 8.55. The maximum absolute atomic E-state index is 12.2. The van der Waals surface area contributed by atoms with Crippen LogP contribution in [-0.2, 0) is 9.53 Å². The molecule has 1 fully saturated rings. The van der Waals surface area contributed by atoms with E-state index in [4.69, 9.17) is 4.74 Å². The van der Waals surface area contributed by atoms with Gasteiger partial charge in [-0.05, 0) is 44.4 Å². The first-order chi connectivity index (χ1) is 8.63. The normalized spacial score (nSPS) is 20.2. The van der Waals surface area contributed by atoms with E-state index >= 15 is 0 Å². The first-order valence-corrected chi connectivity index (χ1v) is 7.84. The molecule has 1 saturated carbocycles. The molecule has 1 rings (SSSR count). The average molecular weight is 254 g/mol. The molecule has 1 aliphatic rings. The van der Waals surface area contributed by atoms with Crippen LogP contribution in [0.15, 0.2) is 0 Å². The Morgan fingerprint density at radius 2 is 1.67 bits per heavy atom. The lowest BCUT2D eigenvalue weighted by atomic mass is 9.94. The van der Waals surface area contributed by atoms with E-state index in [0.29, 0.717) is 5.92 Å². The smallest absolute Gasteiger partial charge is 0.309 e. The molecular formula is C16H30O2. The second-order valence-electron chi connectivity index (χ2n) is 6.14. The summed E-state index contributed by atoms with van der Waals surface area (Å²) in [5.74, 6) is 0.729. The van der Waals surface area contributed by atoms with Crippen LogP contribution in [-0.4, -0.2) is 12.1 Å². The molecule has 0 N–H and O–H groups in total. The Labute approximate surface area is 112 Å². The summed E-state index contributed by atoms with van der Waals surface area (Å²) in [4.78, 5) is 12.2. The zero-order valence-electron chi connectivity index (χ0n) is 12.4. The molecule has 2 nitrogen and oxygen atoms in total. The van der Waals surface area contributed by atoms with E-state index in [0.717, 1.165) is 25.7 Å². The average Bonchev–Trinajstić information content (AvgIpc) is 2.28. The van der Waals surface area contributed by atoms with E-state index in [1.165, 1.54) is 32.1 Å². The molecule has 18 heavy (non-hydrogen) atoms. The third-order valence-electron chi connectivity index (χ3n) is 3.92. The molecule has 1 atom stereocenters. The second-order valence-corrected chi connectivity index (χ2v) is 6.14. The Bertz CT molecular complexity index is 227. The number of hydrogen-bond donors (Lipinski definition) is 0. The first kappa shape index (κ1) is 15.5. The van der Waals surface area contributed by atoms with Gasteiger partial charge in [0.15, 0.2) is 0 Å². The van der Waals surface area contributed by atoms with Crippen LogP contribution >= 0.6 is 0 Å². The summed E-state index contributed by atoms with van der Waals surface area (Å²) >= 11 is 0. The lowest BCUT2D eigenvalue weighted by Gasteiger charge is -2.23. The lowest BCUT2D eigenvalue weighted by molar-refractivity contribution is -0.155. The molecule has 1 aliphatic carbocycles. The minimum absolute atomic E-state index is 0.0526. The van der Waals surface area contributed by atoms with E-state index in [2.05, 4.69) is 20.8 Å². The van der Waals surface area contributed by atoms with Gasteiger partial charge in [-0.25, -0.2) is 0 Å². The van der Waals surface area contributed by atoms with E-state index in [-0.39, 0.29) is 18.0 Å². The zero-order valence-corrected chi connectivity index (χ0v) is 12.4. The van der Waals surface area contributed by atoms with Gasteiger partial charge >= 0.3 is 5.97 Å². The molecular weight excluding hydrogens is 224 g/mol. The highest BCUT2D eigenvalue weighted by Crippen LogP contribution is 2.23. The van der Waals surface area contributed by atoms with Crippen molar-refractivity contribution in [1.82, 2.24) is 0 Å². The Hall–Kier alpha value is -0.530. The van der Waals surface area contributed by atoms with Crippen molar-refractivity contribution in [2.45, 2.75) is 84.7 Å². The van der Waals surface area contributed by atoms with Crippen LogP contribution < -0.4 is 0 Å². The van der Waals surface area contributed by atoms with Crippen LogP contribution in [0.2, 0.25) is 0 Å². The summed E-state index contributed by atoms with van der Waals surface area (Å²) < 4.78 is 5.74. The Morgan fingerprint density at radius 3 is 2.17 bits per heavy atom. The molecule has 0 aromatic carbocycles. The monoisotopic (exact) mass is 254 g/mol. The van der Waals surface area contributed by atoms with Crippen molar-refractivity contribution in [2.75, 3.05) is 0 Å². The molecule has 0 heterocycles. The molecule has 0 aliphatic heterocycles. The zero-order chi connectivity index (χ0) is 13.4. The molecule has 0 radical (unpaired) electrons. The van der Waals surface area contributed by atoms with Crippen LogP contribution in [0.3, 0.4) is 0 Å². The standard InChI is InChI=1S/C16H30O2/c1-4-14(12-13(2)3)16(17)18-15-10-8-6-5-7-9-11-15/h13-15H,4-12H2,1-3H3. The summed E-state index contributed by atoms with van der Waals surface area (Å²) in [6.45, 7) is 6.43. The number of carbonyl (C=O) groups excluding carboxylic acids is 1. The van der Waals surface area contributed by atoms with Gasteiger partial charge in [-0.3, -0.25) is 4.79 Å². The molecule has 0 aromatic rings. The number of hydrogen-bond acceptors (Lipinski definition) is 2. The number of carbonyl (C=O) groups is 1. The van der Waals surface area contributed by atoms with Crippen LogP contribution in [0, 0.1) is 11.8 Å². The number of rotatable bonds is 5. The molecule has 0 bridgehead atoms. The van der Waals surface area contributed by atoms with Gasteiger partial charge < -0.3 is 4.74 Å². The summed E-state index contributed by atoms with van der Waals surface area (Å²) in [6, 6.07) is 0. The minimum atomic E-state index is 0.0526. The van der Waals surface area contributed by atoms with Gasteiger partial charge in [0.25, 0.3) is 0 Å². The molecule has 0 aromatic heterocycles. The van der Waals surface area contributed by atoms with E-state index in [9.17, 15) is 4.79 Å². The van der Waals surface area contributed by atoms with Gasteiger partial charge in [0, 0.05) is 0 Å². The van der Waals surface area contributed by atoms with Crippen LogP contribution in [0.5, 0.6) is 0 Å². The fourth-order valence-electron chi connectivity index (χ4n) is 2.80. The van der Waals surface area contributed by atoms with Crippen molar-refractivity contribution in [3.05, 3.63) is 0 Å². The van der Waals surface area contributed by atoms with Gasteiger partial charge in [0.1, 0.15) is 6.10 Å². The predicted molar refractivity (Wildman–Crippen MR) is 75.4 cm³/mol. The van der Waals surface area contributed by atoms with Crippen molar-refractivity contribution in [2.24, 2.45) is 11.8 Å². The Morgan fingerprint density at radius 1 is 1.11 bits per heavy atom. The molecule has 1 unspecified atom stereocenters. The molecule has 2 heteroatoms. The molecule has 0 saturated heterocycles. The van der Waals surface area contributed by atoms with Crippen LogP contribution in [0.4, 0.5) is 0 Å². The molecule has 0 spiro atoms. The summed E-state index contributed by atoms with van der Waals surface area (Å²) in [7, 11) is 0. The van der Waals surface area contributed by atoms with Crippen LogP contribution in [0.1, 0.15) is 78.6 Å². The maximum Gasteiger partial charge on any atom is 0.309 e. The lowest BCUT2D eigenvalue weighted by Crippen LogP contribution is -2.25. The molecule has 106 valence electrons. The summed E-state index contributed by atoms with van der Waals surface area (Å²) in [6.07, 6.45) is 10.6. The van der Waals surface area contributed by atoms with Crippen molar-refractivity contribution in [1.29, 1.82) is 0 Å². The van der Waals surface area contributed by atoms with Crippen molar-refractivity contribution in [3.63, 3.8) is 0 Å². The fourth-order valence-corrected chi connectivity index (χ4v) is 2.80. The summed E-state index contributed by atoms with van der Waals surface area (Å²) in [5, 5.41) is 0. The maximum atomic E-state index is 12.2. The number of ether oxygens (including phenoxy) is 1. The third-order valence-corrected chi connectivity index (χ3v) is 3.92. The minimum Gasteiger partial charge on any atom is -0.462 e. The van der Waals surface area contributed by atoms with Gasteiger partial charge in [-0.15, -0.1) is 0 Å². The summed E-state index contributed by atoms with van der Waals surface area (Å²) in [5.41, 5.74) is 0. The van der Waals surface area contributed by atoms with Crippen molar-refractivity contribution >= 4 is 5.97 Å². The number of esters is 1. The van der Waals surface area contributed by atoms with Gasteiger partial charge in [0.2, 0.25) is 0 Å². The van der Waals surface area contributed by atoms with Crippen molar-refractivity contribution in [3.8, 4) is 0 Å². The fraction of sp³-hybridized carbons (Fsp3) is 0.938. The van der Waals surface area contributed by atoms with E-state index < -0.39 is 0 Å². The SMILES string of the molecule is CCC(CC(C)C)C(=O)OC1CCCCCCC1. The van der Waals surface area contributed by atoms with Gasteiger partial charge in [-0.1, -0.05) is 40.0 Å². The largest absolute Gasteiger partial charge is 0.462 e. The van der Waals surface area contributed by atoms with E-state index in [1.54, 1.807) is 0 Å². The Balaban J connectivity index is 2.39. The quantitative estimate of drug-likeness (QED) is 0.664. The highest BCUT2D eigenvalue weighted by Gasteiger charge is 2.23. The Kier molecular flexibility index (Phi) is 7.38. The third kappa shape index (κ3) is 5.88. The van der Waals surface area contributed by atoms with Crippen molar-refractivity contribution < 1.29 is 9.53 Å². The van der Waals surface area contributed by atoms with Gasteiger partial charge in [-0.2, -0.15) is 0 Å². The van der Waals surface area contributed by atoms with Gasteiger partial charge in [0.05, 0.1) is 5.92 Å².